The number of carboxylic acids is 1. The minimum Gasteiger partial charge on any atom is -0.478 e. The summed E-state index contributed by atoms with van der Waals surface area (Å²) in [6.45, 7) is 5.98. The van der Waals surface area contributed by atoms with Crippen LogP contribution in [0.2, 0.25) is 0 Å². The van der Waals surface area contributed by atoms with E-state index in [4.69, 9.17) is 0 Å². The van der Waals surface area contributed by atoms with Crippen LogP contribution in [0, 0.1) is 6.92 Å². The van der Waals surface area contributed by atoms with E-state index in [1.54, 1.807) is 32.2 Å². The number of amidine groups is 1. The van der Waals surface area contributed by atoms with Gasteiger partial charge in [0.25, 0.3) is 5.91 Å². The second-order valence-corrected chi connectivity index (χ2v) is 8.74. The van der Waals surface area contributed by atoms with Crippen molar-refractivity contribution in [1.29, 1.82) is 0 Å². The number of para-hydroxylation sites is 1. The van der Waals surface area contributed by atoms with E-state index in [2.05, 4.69) is 41.7 Å². The second-order valence-electron chi connectivity index (χ2n) is 7.73. The van der Waals surface area contributed by atoms with Crippen LogP contribution in [-0.2, 0) is 4.79 Å². The molecule has 1 fully saturated rings. The highest BCUT2D eigenvalue weighted by Crippen LogP contribution is 2.36. The predicted octanol–water partition coefficient (Wildman–Crippen LogP) is 5.46. The number of fused-ring (bicyclic) bond motifs is 1. The number of aliphatic imine (C=N–C) groups is 1. The summed E-state index contributed by atoms with van der Waals surface area (Å²) in [6.07, 6.45) is 3.99. The molecule has 0 unspecified atom stereocenters. The molecule has 1 N–H and O–H groups in total. The average molecular weight is 434 g/mol. The van der Waals surface area contributed by atoms with Crippen molar-refractivity contribution in [2.75, 3.05) is 7.05 Å². The van der Waals surface area contributed by atoms with Gasteiger partial charge in [0, 0.05) is 35.8 Å². The van der Waals surface area contributed by atoms with E-state index >= 15 is 0 Å². The molecule has 31 heavy (non-hydrogen) atoms. The molecule has 0 atom stereocenters. The summed E-state index contributed by atoms with van der Waals surface area (Å²) in [7, 11) is 1.68. The Morgan fingerprint density at radius 3 is 2.61 bits per heavy atom. The smallest absolute Gasteiger partial charge is 0.336 e. The standard InChI is InChI=1S/C24H23N3O3S/c1-14(2)27-13-16(18-8-5-6-11-20(18)27)12-21-22(28)26(4)24(31-21)25-19-10-7-9-17(15(19)3)23(29)30/h5-14H,1-4H3,(H,29,30)/b21-12-,25-24?. The monoisotopic (exact) mass is 433 g/mol. The van der Waals surface area contributed by atoms with E-state index in [1.165, 1.54) is 16.7 Å². The number of benzene rings is 2. The first-order valence-electron chi connectivity index (χ1n) is 9.96. The molecule has 1 aliphatic rings. The number of carbonyl (C=O) groups is 2. The highest BCUT2D eigenvalue weighted by atomic mass is 32.2. The van der Waals surface area contributed by atoms with E-state index in [0.29, 0.717) is 27.4 Å². The maximum atomic E-state index is 12.9. The van der Waals surface area contributed by atoms with Gasteiger partial charge in [0.15, 0.2) is 5.17 Å². The topological polar surface area (TPSA) is 74.9 Å². The van der Waals surface area contributed by atoms with Crippen LogP contribution in [0.1, 0.15) is 41.4 Å². The van der Waals surface area contributed by atoms with Crippen LogP contribution in [-0.4, -0.2) is 38.7 Å². The number of hydrogen-bond donors (Lipinski definition) is 1. The van der Waals surface area contributed by atoms with Crippen LogP contribution < -0.4 is 0 Å². The normalized spacial score (nSPS) is 16.9. The summed E-state index contributed by atoms with van der Waals surface area (Å²) < 4.78 is 2.20. The zero-order valence-corrected chi connectivity index (χ0v) is 18.6. The zero-order valence-electron chi connectivity index (χ0n) is 17.8. The molecule has 158 valence electrons. The Labute approximate surface area is 184 Å². The second kappa shape index (κ2) is 8.07. The molecule has 7 heteroatoms. The van der Waals surface area contributed by atoms with Crippen LogP contribution in [0.15, 0.2) is 58.6 Å². The summed E-state index contributed by atoms with van der Waals surface area (Å²) in [5.41, 5.74) is 3.43. The van der Waals surface area contributed by atoms with Crippen molar-refractivity contribution >= 4 is 51.5 Å². The van der Waals surface area contributed by atoms with E-state index in [0.717, 1.165) is 16.5 Å². The lowest BCUT2D eigenvalue weighted by molar-refractivity contribution is -0.121. The third-order valence-corrected chi connectivity index (χ3v) is 6.43. The third kappa shape index (κ3) is 3.77. The highest BCUT2D eigenvalue weighted by Gasteiger charge is 2.31. The molecular formula is C24H23N3O3S. The maximum absolute atomic E-state index is 12.9. The molecule has 3 aromatic rings. The minimum absolute atomic E-state index is 0.128. The largest absolute Gasteiger partial charge is 0.478 e. The van der Waals surface area contributed by atoms with Crippen molar-refractivity contribution in [2.45, 2.75) is 26.8 Å². The Balaban J connectivity index is 1.74. The molecule has 6 nitrogen and oxygen atoms in total. The molecule has 0 radical (unpaired) electrons. The van der Waals surface area contributed by atoms with Gasteiger partial charge in [-0.15, -0.1) is 0 Å². The quantitative estimate of drug-likeness (QED) is 0.554. The molecule has 0 spiro atoms. The van der Waals surface area contributed by atoms with E-state index in [1.807, 2.05) is 18.2 Å². The molecule has 1 aliphatic heterocycles. The highest BCUT2D eigenvalue weighted by molar-refractivity contribution is 8.18. The number of aromatic carboxylic acids is 1. The molecule has 0 aliphatic carbocycles. The predicted molar refractivity (Wildman–Crippen MR) is 126 cm³/mol. The number of carboxylic acid groups (broad SMARTS) is 1. The third-order valence-electron chi connectivity index (χ3n) is 5.37. The number of carbonyl (C=O) groups excluding carboxylic acids is 1. The summed E-state index contributed by atoms with van der Waals surface area (Å²) in [5.74, 6) is -1.12. The summed E-state index contributed by atoms with van der Waals surface area (Å²) in [4.78, 5) is 31.0. The number of hydrogen-bond acceptors (Lipinski definition) is 4. The Morgan fingerprint density at radius 1 is 1.16 bits per heavy atom. The van der Waals surface area contributed by atoms with Crippen molar-refractivity contribution in [3.05, 3.63) is 70.3 Å². The summed E-state index contributed by atoms with van der Waals surface area (Å²) in [5, 5.41) is 11.0. The van der Waals surface area contributed by atoms with Crippen LogP contribution in [0.4, 0.5) is 5.69 Å². The summed E-state index contributed by atoms with van der Waals surface area (Å²) >= 11 is 1.30. The minimum atomic E-state index is -0.995. The Hall–Kier alpha value is -3.32. The summed E-state index contributed by atoms with van der Waals surface area (Å²) in [6, 6.07) is 13.4. The van der Waals surface area contributed by atoms with Gasteiger partial charge in [0.1, 0.15) is 0 Å². The molecule has 2 aromatic carbocycles. The van der Waals surface area contributed by atoms with Crippen molar-refractivity contribution in [3.63, 3.8) is 0 Å². The number of nitrogens with zero attached hydrogens (tertiary/aromatic N) is 3. The van der Waals surface area contributed by atoms with Crippen LogP contribution in [0.25, 0.3) is 17.0 Å². The fraction of sp³-hybridized carbons (Fsp3) is 0.208. The Bertz CT molecular complexity index is 1270. The molecule has 0 saturated carbocycles. The molecule has 1 amide bonds. The molecule has 4 rings (SSSR count). The first kappa shape index (κ1) is 20.9. The molecule has 0 bridgehead atoms. The first-order valence-corrected chi connectivity index (χ1v) is 10.8. The SMILES string of the molecule is Cc1c(N=C2S/C(=C\c3cn(C(C)C)c4ccccc34)C(=O)N2C)cccc1C(=O)O. The van der Waals surface area contributed by atoms with Crippen LogP contribution in [0.5, 0.6) is 0 Å². The van der Waals surface area contributed by atoms with Crippen LogP contribution in [0.3, 0.4) is 0 Å². The average Bonchev–Trinajstić information content (AvgIpc) is 3.23. The van der Waals surface area contributed by atoms with Gasteiger partial charge in [-0.25, -0.2) is 9.79 Å². The van der Waals surface area contributed by atoms with Crippen LogP contribution >= 0.6 is 11.8 Å². The lowest BCUT2D eigenvalue weighted by Crippen LogP contribution is -2.23. The van der Waals surface area contributed by atoms with Gasteiger partial charge >= 0.3 is 5.97 Å². The maximum Gasteiger partial charge on any atom is 0.336 e. The van der Waals surface area contributed by atoms with Gasteiger partial charge in [-0.3, -0.25) is 9.69 Å². The van der Waals surface area contributed by atoms with Crippen molar-refractivity contribution in [2.24, 2.45) is 4.99 Å². The first-order chi connectivity index (χ1) is 14.8. The van der Waals surface area contributed by atoms with E-state index in [9.17, 15) is 14.7 Å². The van der Waals surface area contributed by atoms with Gasteiger partial charge in [-0.2, -0.15) is 0 Å². The molecule has 2 heterocycles. The Kier molecular flexibility index (Phi) is 5.45. The van der Waals surface area contributed by atoms with Gasteiger partial charge < -0.3 is 9.67 Å². The van der Waals surface area contributed by atoms with Crippen molar-refractivity contribution in [3.8, 4) is 0 Å². The molecule has 1 aromatic heterocycles. The van der Waals surface area contributed by atoms with Gasteiger partial charge in [-0.1, -0.05) is 24.3 Å². The van der Waals surface area contributed by atoms with Gasteiger partial charge in [0.2, 0.25) is 0 Å². The number of amides is 1. The van der Waals surface area contributed by atoms with Gasteiger partial charge in [0.05, 0.1) is 16.2 Å². The lowest BCUT2D eigenvalue weighted by atomic mass is 10.1. The van der Waals surface area contributed by atoms with Gasteiger partial charge in [-0.05, 0) is 62.4 Å². The Morgan fingerprint density at radius 2 is 1.90 bits per heavy atom. The number of rotatable bonds is 4. The number of thioether (sulfide) groups is 1. The molecular weight excluding hydrogens is 410 g/mol. The van der Waals surface area contributed by atoms with E-state index in [-0.39, 0.29) is 11.5 Å². The van der Waals surface area contributed by atoms with Crippen molar-refractivity contribution < 1.29 is 14.7 Å². The zero-order chi connectivity index (χ0) is 22.3. The van der Waals surface area contributed by atoms with Crippen molar-refractivity contribution in [1.82, 2.24) is 9.47 Å². The fourth-order valence-electron chi connectivity index (χ4n) is 3.65. The number of aromatic nitrogens is 1. The fourth-order valence-corrected chi connectivity index (χ4v) is 4.62. The molecule has 1 saturated heterocycles. The lowest BCUT2D eigenvalue weighted by Gasteiger charge is -2.09. The number of likely N-dealkylation sites (N-methyl/N-ethyl adjacent to an activating group) is 1. The van der Waals surface area contributed by atoms with E-state index < -0.39 is 5.97 Å².